The molecule has 520 valence electrons. The molecular weight excluding hydrogens is 1410 g/mol. The first-order chi connectivity index (χ1) is 47.4. The summed E-state index contributed by atoms with van der Waals surface area (Å²) in [6.45, 7) is 7.24. The lowest BCUT2D eigenvalue weighted by molar-refractivity contribution is -0.278. The molecule has 0 aliphatic carbocycles. The van der Waals surface area contributed by atoms with Gasteiger partial charge in [0.15, 0.2) is 5.69 Å². The third-order valence-electron chi connectivity index (χ3n) is 15.7. The van der Waals surface area contributed by atoms with Crippen molar-refractivity contribution in [1.29, 1.82) is 0 Å². The van der Waals surface area contributed by atoms with Crippen molar-refractivity contribution in [3.05, 3.63) is 118 Å². The number of primary amides is 1. The number of aromatic nitrogens is 7. The summed E-state index contributed by atoms with van der Waals surface area (Å²) in [6, 6.07) is 1.64. The first-order valence-corrected chi connectivity index (χ1v) is 34.9. The van der Waals surface area contributed by atoms with Gasteiger partial charge in [-0.1, -0.05) is 41.8 Å². The van der Waals surface area contributed by atoms with Crippen LogP contribution in [0.4, 0.5) is 0 Å². The van der Waals surface area contributed by atoms with Crippen LogP contribution in [0.5, 0.6) is 10.8 Å². The molecule has 12 N–H and O–H groups in total. The molecule has 99 heavy (non-hydrogen) atoms. The van der Waals surface area contributed by atoms with Crippen LogP contribution in [-0.4, -0.2) is 185 Å². The van der Waals surface area contributed by atoms with E-state index in [4.69, 9.17) is 53.8 Å². The molecule has 0 radical (unpaired) electrons. The molecule has 3 aliphatic rings. The molecule has 7 aromatic heterocycles. The Kier molecular flexibility index (Phi) is 21.7. The number of amides is 6. The molecule has 0 unspecified atom stereocenters. The third kappa shape index (κ3) is 15.0. The number of nitrogens with zero attached hydrogens (tertiary/aromatic N) is 6. The number of esters is 1. The van der Waals surface area contributed by atoms with Crippen molar-refractivity contribution in [3.8, 4) is 43.5 Å². The van der Waals surface area contributed by atoms with Crippen LogP contribution < -0.4 is 37.1 Å². The van der Waals surface area contributed by atoms with E-state index in [0.29, 0.717) is 33.4 Å². The Morgan fingerprint density at radius 3 is 2.24 bits per heavy atom. The predicted molar refractivity (Wildman–Crippen MR) is 359 cm³/mol. The number of aliphatic hydroxyl groups excluding tert-OH is 3. The number of ether oxygens (including phenoxy) is 7. The second kappa shape index (κ2) is 30.2. The fourth-order valence-electron chi connectivity index (χ4n) is 10.6. The number of thioether (sulfide) groups is 1. The van der Waals surface area contributed by atoms with Gasteiger partial charge in [-0.15, -0.1) is 45.3 Å². The van der Waals surface area contributed by atoms with Crippen molar-refractivity contribution in [2.75, 3.05) is 34.2 Å². The minimum absolute atomic E-state index is 0.0150. The van der Waals surface area contributed by atoms with E-state index < -0.39 is 131 Å². The summed E-state index contributed by atoms with van der Waals surface area (Å²) in [5.41, 5.74) is 4.79. The zero-order valence-electron chi connectivity index (χ0n) is 53.1. The number of allylic oxidation sites excluding steroid dienone is 1. The smallest absolute Gasteiger partial charge is 0.308 e. The number of hydrogen-bond donors (Lipinski definition) is 11. The minimum atomic E-state index is -1.92. The molecule has 12 bridgehead atoms. The second-order valence-electron chi connectivity index (χ2n) is 22.2. The molecule has 11 rings (SSSR count). The fourth-order valence-corrected chi connectivity index (χ4v) is 15.9. The number of carbonyl (C=O) groups excluding carboxylic acids is 8. The number of nitrogens with one attached hydrogen (secondary N) is 6. The largest absolute Gasteiger partial charge is 0.506 e. The number of methoxy groups -OCH3 is 4. The molecule has 8 aromatic rings. The van der Waals surface area contributed by atoms with Gasteiger partial charge >= 0.3 is 5.97 Å². The van der Waals surface area contributed by atoms with Crippen molar-refractivity contribution in [2.45, 2.75) is 101 Å². The number of thiazole rings is 5. The first-order valence-electron chi connectivity index (χ1n) is 29.6. The van der Waals surface area contributed by atoms with Gasteiger partial charge in [0, 0.05) is 70.6 Å². The van der Waals surface area contributed by atoms with Crippen LogP contribution in [0.1, 0.15) is 118 Å². The van der Waals surface area contributed by atoms with E-state index in [2.05, 4.69) is 53.1 Å². The van der Waals surface area contributed by atoms with E-state index >= 15 is 4.79 Å². The standard InChI is InChI=1S/C61H61N13O19S6/c1-21(48(62)80)63-49(81)30-18-97-57(69-30)42-34(76)12-26-40(70-42)29-16-95-55(66-29)33-20-98-59(86)41-27(15-87-5)37-25(10-9-11-28(37)64-41)14-91-36(78)13-35(77)43(58-74-44(53(85)65-33)61(99-58)93-60-47(90-8)46(89-7)45(79)24(4)92-60)73-51(83)32-19-96-56(68-32)39(23(3)88-6)72-52(84)38(22(2)75)71-50(82)31-17-94-54(26)67-31/h9-12,16-19,22,24,33,35,38,43,45-47,60,64,75-77,79H,1,13-15,20H2,2-8H3,(H2,62,80)(H,63,81)(H,65,85)(H,71,82)(H,72,84)(H,73,83)/b39-23+/t22-,24+,33+,35+,38+,43+,45+,46-,47-,60+/m1/s1. The number of aromatic hydroxyl groups is 1. The molecule has 6 amide bonds. The summed E-state index contributed by atoms with van der Waals surface area (Å²) in [7, 11) is 5.37. The summed E-state index contributed by atoms with van der Waals surface area (Å²) in [4.78, 5) is 144. The Hall–Kier alpha value is -9.03. The highest BCUT2D eigenvalue weighted by Gasteiger charge is 2.47. The topological polar surface area (TPSA) is 461 Å². The number of cyclic esters (lactones) is 1. The lowest BCUT2D eigenvalue weighted by Crippen LogP contribution is -2.59. The highest BCUT2D eigenvalue weighted by molar-refractivity contribution is 8.14. The van der Waals surface area contributed by atoms with Crippen molar-refractivity contribution in [2.24, 2.45) is 5.73 Å². The van der Waals surface area contributed by atoms with Gasteiger partial charge < -0.3 is 90.9 Å². The van der Waals surface area contributed by atoms with E-state index in [9.17, 15) is 54.0 Å². The van der Waals surface area contributed by atoms with Crippen LogP contribution in [0.25, 0.3) is 49.3 Å². The highest BCUT2D eigenvalue weighted by atomic mass is 32.2. The molecule has 1 saturated heterocycles. The Bertz CT molecular complexity index is 4540. The molecule has 32 nitrogen and oxygen atoms in total. The summed E-state index contributed by atoms with van der Waals surface area (Å²) >= 11 is 5.04. The molecule has 38 heteroatoms. The summed E-state index contributed by atoms with van der Waals surface area (Å²) in [6.07, 6.45) is -10.2. The number of aromatic amines is 1. The van der Waals surface area contributed by atoms with Gasteiger partial charge in [0.25, 0.3) is 29.5 Å². The van der Waals surface area contributed by atoms with E-state index in [1.165, 1.54) is 64.5 Å². The monoisotopic (exact) mass is 1470 g/mol. The summed E-state index contributed by atoms with van der Waals surface area (Å²) < 4.78 is 41.1. The SMILES string of the molecule is C=C(NC(=O)c1csc(-c2nc3c(cc2O)-c2nc(cs2)C(=O)N[C@@H]([C@@H](C)O)C(=O)N/C(=C(\C)OC)c2nc(cs2)C(=O)N[C@@H]2c4nc(c(O[C@@H]5O[C@@H](C)[C@H](O)[C@@H](OC)[C@H]5OC)s4)C(=O)N[C@@H](CSC(=O)c4[nH]c5cccc(c5c4COC)COC(=O)C[C@@H]2O)c2nc-3cs2)n1)C(N)=O. The van der Waals surface area contributed by atoms with Crippen LogP contribution in [-0.2, 0) is 56.0 Å². The van der Waals surface area contributed by atoms with E-state index in [1.54, 1.807) is 30.5 Å². The highest BCUT2D eigenvalue weighted by Crippen LogP contribution is 2.43. The Balaban J connectivity index is 1.12. The van der Waals surface area contributed by atoms with Crippen LogP contribution >= 0.6 is 68.4 Å². The maximum Gasteiger partial charge on any atom is 0.308 e. The number of benzene rings is 1. The predicted octanol–water partition coefficient (Wildman–Crippen LogP) is 4.21. The lowest BCUT2D eigenvalue weighted by atomic mass is 9.99. The summed E-state index contributed by atoms with van der Waals surface area (Å²) in [5.74, 6) is -7.48. The fraction of sp³-hybridized carbons (Fsp3) is 0.344. The van der Waals surface area contributed by atoms with E-state index in [-0.39, 0.29) is 106 Å². The van der Waals surface area contributed by atoms with Crippen molar-refractivity contribution >= 4 is 132 Å². The minimum Gasteiger partial charge on any atom is -0.506 e. The van der Waals surface area contributed by atoms with Crippen LogP contribution in [0, 0.1) is 0 Å². The van der Waals surface area contributed by atoms with Gasteiger partial charge in [0.05, 0.1) is 55.9 Å². The molecular formula is C61H61N13O19S6. The van der Waals surface area contributed by atoms with Crippen molar-refractivity contribution in [3.63, 3.8) is 0 Å². The number of pyridine rings is 1. The van der Waals surface area contributed by atoms with Gasteiger partial charge in [-0.05, 0) is 38.5 Å². The molecule has 10 atom stereocenters. The molecule has 3 aliphatic heterocycles. The number of fused-ring (bicyclic) bond motifs is 13. The number of nitrogens with two attached hydrogens (primary N) is 1. The number of hydrogen-bond acceptors (Lipinski definition) is 31. The van der Waals surface area contributed by atoms with Gasteiger partial charge in [0.2, 0.25) is 22.4 Å². The number of aliphatic hydroxyl groups is 3. The number of H-pyrrole nitrogens is 1. The molecule has 1 fully saturated rings. The average Bonchev–Trinajstić information content (AvgIpc) is 1.69. The van der Waals surface area contributed by atoms with Gasteiger partial charge in [-0.25, -0.2) is 29.9 Å². The van der Waals surface area contributed by atoms with Gasteiger partial charge in [0.1, 0.15) is 113 Å². The molecule has 10 heterocycles. The second-order valence-corrected chi connectivity index (χ2v) is 27.7. The van der Waals surface area contributed by atoms with Crippen LogP contribution in [0.15, 0.2) is 63.8 Å². The van der Waals surface area contributed by atoms with Crippen LogP contribution in [0.3, 0.4) is 0 Å². The quantitative estimate of drug-likeness (QED) is 0.0463. The van der Waals surface area contributed by atoms with Gasteiger partial charge in [-0.3, -0.25) is 38.4 Å². The maximum atomic E-state index is 15.6. The van der Waals surface area contributed by atoms with E-state index in [1.807, 2.05) is 0 Å². The lowest BCUT2D eigenvalue weighted by Gasteiger charge is -2.41. The van der Waals surface area contributed by atoms with Gasteiger partial charge in [-0.2, -0.15) is 0 Å². The third-order valence-corrected chi connectivity index (χ3v) is 21.2. The normalized spacial score (nSPS) is 22.7. The average molecular weight is 1470 g/mol. The zero-order valence-corrected chi connectivity index (χ0v) is 57.9. The first kappa shape index (κ1) is 71.3. The summed E-state index contributed by atoms with van der Waals surface area (Å²) in [5, 5.41) is 64.7. The zero-order chi connectivity index (χ0) is 70.8. The Morgan fingerprint density at radius 1 is 0.828 bits per heavy atom. The number of carbonyl (C=O) groups is 8. The Morgan fingerprint density at radius 2 is 1.54 bits per heavy atom. The Labute approximate surface area is 584 Å². The molecule has 0 saturated carbocycles. The molecule has 1 aromatic carbocycles. The number of rotatable bonds is 12. The van der Waals surface area contributed by atoms with Crippen molar-refractivity contribution < 1.29 is 91.9 Å². The maximum absolute atomic E-state index is 15.6. The van der Waals surface area contributed by atoms with Crippen LogP contribution in [0.2, 0.25) is 0 Å². The van der Waals surface area contributed by atoms with E-state index in [0.717, 1.165) is 57.1 Å². The molecule has 0 spiro atoms. The van der Waals surface area contributed by atoms with Crippen molar-refractivity contribution in [1.82, 2.24) is 61.5 Å².